The van der Waals surface area contributed by atoms with E-state index in [4.69, 9.17) is 0 Å². The fourth-order valence-electron chi connectivity index (χ4n) is 1.59. The number of aliphatic imine (C=N–C) groups is 1. The van der Waals surface area contributed by atoms with Gasteiger partial charge in [0.1, 0.15) is 0 Å². The van der Waals surface area contributed by atoms with Crippen molar-refractivity contribution in [1.29, 1.82) is 0 Å². The van der Waals surface area contributed by atoms with Gasteiger partial charge in [-0.2, -0.15) is 23.1 Å². The minimum absolute atomic E-state index is 0.900. The molecular weight excluding hydrogens is 262 g/mol. The van der Waals surface area contributed by atoms with Crippen molar-refractivity contribution in [2.75, 3.05) is 32.1 Å². The van der Waals surface area contributed by atoms with Crippen LogP contribution in [0.15, 0.2) is 21.8 Å². The molecule has 0 unspecified atom stereocenters. The molecule has 1 N–H and O–H groups in total. The Labute approximate surface area is 119 Å². The summed E-state index contributed by atoms with van der Waals surface area (Å²) < 4.78 is 0. The minimum Gasteiger partial charge on any atom is -0.357 e. The lowest BCUT2D eigenvalue weighted by Crippen LogP contribution is -2.38. The van der Waals surface area contributed by atoms with Crippen LogP contribution in [-0.2, 0) is 6.54 Å². The maximum atomic E-state index is 4.65. The molecule has 0 saturated carbocycles. The van der Waals surface area contributed by atoms with E-state index in [1.54, 1.807) is 11.3 Å². The lowest BCUT2D eigenvalue weighted by atomic mass is 10.3. The van der Waals surface area contributed by atoms with Crippen LogP contribution in [0.25, 0.3) is 0 Å². The van der Waals surface area contributed by atoms with Crippen molar-refractivity contribution in [2.24, 2.45) is 4.99 Å². The second-order valence-electron chi connectivity index (χ2n) is 4.07. The van der Waals surface area contributed by atoms with Crippen LogP contribution in [0, 0.1) is 0 Å². The lowest BCUT2D eigenvalue weighted by molar-refractivity contribution is 0.477. The second kappa shape index (κ2) is 9.28. The fraction of sp³-hybridized carbons (Fsp3) is 0.615. The summed E-state index contributed by atoms with van der Waals surface area (Å²) in [6.07, 6.45) is 3.28. The molecule has 0 spiro atoms. The van der Waals surface area contributed by atoms with E-state index in [1.165, 1.54) is 11.3 Å². The number of nitrogens with one attached hydrogen (secondary N) is 1. The number of nitrogens with zero attached hydrogens (tertiary/aromatic N) is 2. The maximum Gasteiger partial charge on any atom is 0.193 e. The van der Waals surface area contributed by atoms with Crippen LogP contribution >= 0.6 is 23.1 Å². The summed E-state index contributed by atoms with van der Waals surface area (Å²) >= 11 is 3.62. The zero-order valence-corrected chi connectivity index (χ0v) is 13.1. The highest BCUT2D eigenvalue weighted by Gasteiger charge is 2.06. The van der Waals surface area contributed by atoms with Crippen molar-refractivity contribution in [3.05, 3.63) is 22.4 Å². The summed E-state index contributed by atoms with van der Waals surface area (Å²) in [6, 6.07) is 2.17. The first kappa shape index (κ1) is 15.4. The van der Waals surface area contributed by atoms with E-state index >= 15 is 0 Å². The van der Waals surface area contributed by atoms with Gasteiger partial charge < -0.3 is 10.2 Å². The van der Waals surface area contributed by atoms with Gasteiger partial charge in [0.25, 0.3) is 0 Å². The Balaban J connectivity index is 2.48. The molecule has 1 rings (SSSR count). The maximum absolute atomic E-state index is 4.65. The molecule has 0 saturated heterocycles. The van der Waals surface area contributed by atoms with Gasteiger partial charge in [-0.15, -0.1) is 0 Å². The quantitative estimate of drug-likeness (QED) is 0.474. The number of thioether (sulfide) groups is 1. The normalized spacial score (nSPS) is 11.6. The Morgan fingerprint density at radius 3 is 3.00 bits per heavy atom. The van der Waals surface area contributed by atoms with Crippen LogP contribution < -0.4 is 5.32 Å². The molecule has 18 heavy (non-hydrogen) atoms. The van der Waals surface area contributed by atoms with Crippen LogP contribution in [-0.4, -0.2) is 43.0 Å². The predicted molar refractivity (Wildman–Crippen MR) is 84.8 cm³/mol. The summed E-state index contributed by atoms with van der Waals surface area (Å²) in [5, 5.41) is 7.65. The summed E-state index contributed by atoms with van der Waals surface area (Å²) in [6.45, 7) is 4.83. The largest absolute Gasteiger partial charge is 0.357 e. The summed E-state index contributed by atoms with van der Waals surface area (Å²) in [4.78, 5) is 6.84. The Hall–Kier alpha value is -0.680. The molecule has 0 aromatic carbocycles. The average molecular weight is 285 g/mol. The van der Waals surface area contributed by atoms with Gasteiger partial charge in [0.15, 0.2) is 5.96 Å². The molecule has 1 heterocycles. The van der Waals surface area contributed by atoms with Gasteiger partial charge in [-0.1, -0.05) is 0 Å². The van der Waals surface area contributed by atoms with Crippen LogP contribution in [0.1, 0.15) is 18.9 Å². The Morgan fingerprint density at radius 2 is 2.39 bits per heavy atom. The van der Waals surface area contributed by atoms with Crippen LogP contribution in [0.3, 0.4) is 0 Å². The number of rotatable bonds is 7. The summed E-state index contributed by atoms with van der Waals surface area (Å²) in [7, 11) is 2.09. The highest BCUT2D eigenvalue weighted by molar-refractivity contribution is 7.98. The number of guanidine groups is 1. The van der Waals surface area contributed by atoms with Crippen LogP contribution in [0.5, 0.6) is 0 Å². The third-order valence-corrected chi connectivity index (χ3v) is 3.89. The number of hydrogen-bond acceptors (Lipinski definition) is 3. The Bertz CT molecular complexity index is 336. The molecule has 0 amide bonds. The molecular formula is C13H23N3S2. The zero-order chi connectivity index (χ0) is 13.2. The SMILES string of the molecule is CCNC(=NCCCSC)N(C)Cc1ccsc1. The third-order valence-electron chi connectivity index (χ3n) is 2.46. The van der Waals surface area contributed by atoms with Gasteiger partial charge in [0.2, 0.25) is 0 Å². The van der Waals surface area contributed by atoms with Crippen molar-refractivity contribution in [3.63, 3.8) is 0 Å². The molecule has 102 valence electrons. The predicted octanol–water partition coefficient (Wildman–Crippen LogP) is 2.90. The summed E-state index contributed by atoms with van der Waals surface area (Å²) in [5.41, 5.74) is 1.34. The second-order valence-corrected chi connectivity index (χ2v) is 5.84. The van der Waals surface area contributed by atoms with Gasteiger partial charge in [-0.25, -0.2) is 0 Å². The van der Waals surface area contributed by atoms with E-state index in [-0.39, 0.29) is 0 Å². The third kappa shape index (κ3) is 5.78. The molecule has 5 heteroatoms. The van der Waals surface area contributed by atoms with Crippen molar-refractivity contribution in [3.8, 4) is 0 Å². The monoisotopic (exact) mass is 285 g/mol. The Morgan fingerprint density at radius 1 is 1.56 bits per heavy atom. The number of hydrogen-bond donors (Lipinski definition) is 1. The van der Waals surface area contributed by atoms with Crippen LogP contribution in [0.2, 0.25) is 0 Å². The van der Waals surface area contributed by atoms with Gasteiger partial charge in [0.05, 0.1) is 0 Å². The van der Waals surface area contributed by atoms with E-state index < -0.39 is 0 Å². The van der Waals surface area contributed by atoms with Gasteiger partial charge in [0, 0.05) is 26.7 Å². The van der Waals surface area contributed by atoms with Crippen LogP contribution in [0.4, 0.5) is 0 Å². The minimum atomic E-state index is 0.900. The molecule has 3 nitrogen and oxygen atoms in total. The highest BCUT2D eigenvalue weighted by atomic mass is 32.2. The first-order valence-corrected chi connectivity index (χ1v) is 8.61. The molecule has 0 radical (unpaired) electrons. The van der Waals surface area contributed by atoms with E-state index in [1.807, 2.05) is 11.8 Å². The molecule has 1 aromatic rings. The van der Waals surface area contributed by atoms with E-state index in [9.17, 15) is 0 Å². The van der Waals surface area contributed by atoms with Crippen molar-refractivity contribution >= 4 is 29.1 Å². The highest BCUT2D eigenvalue weighted by Crippen LogP contribution is 2.08. The lowest BCUT2D eigenvalue weighted by Gasteiger charge is -2.21. The molecule has 0 fully saturated rings. The molecule has 0 aliphatic rings. The molecule has 0 atom stereocenters. The van der Waals surface area contributed by atoms with Crippen molar-refractivity contribution < 1.29 is 0 Å². The van der Waals surface area contributed by atoms with Crippen molar-refractivity contribution in [1.82, 2.24) is 10.2 Å². The first-order chi connectivity index (χ1) is 8.77. The van der Waals surface area contributed by atoms with Crippen molar-refractivity contribution in [2.45, 2.75) is 19.9 Å². The Kier molecular flexibility index (Phi) is 7.93. The van der Waals surface area contributed by atoms with Gasteiger partial charge in [-0.3, -0.25) is 4.99 Å². The summed E-state index contributed by atoms with van der Waals surface area (Å²) in [5.74, 6) is 2.18. The van der Waals surface area contributed by atoms with Gasteiger partial charge in [-0.05, 0) is 47.7 Å². The molecule has 1 aromatic heterocycles. The topological polar surface area (TPSA) is 27.6 Å². The first-order valence-electron chi connectivity index (χ1n) is 6.27. The smallest absolute Gasteiger partial charge is 0.193 e. The zero-order valence-electron chi connectivity index (χ0n) is 11.5. The average Bonchev–Trinajstić information content (AvgIpc) is 2.86. The van der Waals surface area contributed by atoms with E-state index in [2.05, 4.69) is 52.3 Å². The molecule has 0 aliphatic carbocycles. The fourth-order valence-corrected chi connectivity index (χ4v) is 2.67. The molecule has 0 bridgehead atoms. The van der Waals surface area contributed by atoms with E-state index in [0.717, 1.165) is 32.0 Å². The number of thiophene rings is 1. The standard InChI is InChI=1S/C13H23N3S2/c1-4-14-13(15-7-5-8-17-3)16(2)10-12-6-9-18-11-12/h6,9,11H,4-5,7-8,10H2,1-3H3,(H,14,15). The molecule has 0 aliphatic heterocycles. The van der Waals surface area contributed by atoms with E-state index in [0.29, 0.717) is 0 Å². The van der Waals surface area contributed by atoms with Gasteiger partial charge >= 0.3 is 0 Å².